The van der Waals surface area contributed by atoms with E-state index in [9.17, 15) is 14.7 Å². The van der Waals surface area contributed by atoms with Gasteiger partial charge in [-0.05, 0) is 52.7 Å². The van der Waals surface area contributed by atoms with Crippen LogP contribution in [0, 0.1) is 5.92 Å². The number of ketones is 1. The van der Waals surface area contributed by atoms with Crippen LogP contribution in [0.2, 0.25) is 0 Å². The summed E-state index contributed by atoms with van der Waals surface area (Å²) < 4.78 is 10.6. The van der Waals surface area contributed by atoms with Crippen LogP contribution < -0.4 is 5.32 Å². The molecular formula is C18H32N2O5. The molecule has 1 fully saturated rings. The van der Waals surface area contributed by atoms with Crippen molar-refractivity contribution in [2.75, 3.05) is 41.4 Å². The molecular weight excluding hydrogens is 324 g/mol. The number of rotatable bonds is 9. The number of ether oxygens (including phenoxy) is 2. The molecule has 0 aromatic carbocycles. The number of allylic oxidation sites excluding steroid dienone is 1. The van der Waals surface area contributed by atoms with E-state index in [0.717, 1.165) is 13.0 Å². The van der Waals surface area contributed by atoms with Crippen LogP contribution in [-0.2, 0) is 19.1 Å². The van der Waals surface area contributed by atoms with Gasteiger partial charge in [-0.1, -0.05) is 6.08 Å². The minimum atomic E-state index is -0.708. The summed E-state index contributed by atoms with van der Waals surface area (Å²) >= 11 is 0. The van der Waals surface area contributed by atoms with Gasteiger partial charge in [0.2, 0.25) is 0 Å². The number of nitrogens with one attached hydrogen (secondary N) is 1. The topological polar surface area (TPSA) is 88.1 Å². The van der Waals surface area contributed by atoms with Crippen molar-refractivity contribution in [2.24, 2.45) is 5.92 Å². The summed E-state index contributed by atoms with van der Waals surface area (Å²) in [6.45, 7) is 2.78. The number of Topliss-reactive ketones (excluding diaryl/α,β-unsaturated/α-hetero) is 1. The third-order valence-corrected chi connectivity index (χ3v) is 4.53. The lowest BCUT2D eigenvalue weighted by Gasteiger charge is -2.36. The fourth-order valence-corrected chi connectivity index (χ4v) is 3.10. The number of aliphatic hydroxyl groups excluding tert-OH is 1. The van der Waals surface area contributed by atoms with Gasteiger partial charge in [0.15, 0.2) is 5.78 Å². The fourth-order valence-electron chi connectivity index (χ4n) is 3.10. The van der Waals surface area contributed by atoms with Crippen molar-refractivity contribution >= 4 is 11.7 Å². The van der Waals surface area contributed by atoms with Crippen molar-refractivity contribution in [3.63, 3.8) is 0 Å². The van der Waals surface area contributed by atoms with Gasteiger partial charge < -0.3 is 24.8 Å². The molecule has 0 aromatic heterocycles. The monoisotopic (exact) mass is 356 g/mol. The lowest BCUT2D eigenvalue weighted by Crippen LogP contribution is -2.46. The molecule has 0 aliphatic heterocycles. The zero-order valence-electron chi connectivity index (χ0n) is 15.9. The van der Waals surface area contributed by atoms with Crippen LogP contribution in [0.5, 0.6) is 0 Å². The Balaban J connectivity index is 2.76. The van der Waals surface area contributed by atoms with E-state index in [1.807, 2.05) is 19.0 Å². The van der Waals surface area contributed by atoms with Crippen molar-refractivity contribution in [2.45, 2.75) is 44.5 Å². The van der Waals surface area contributed by atoms with Gasteiger partial charge in [-0.3, -0.25) is 9.59 Å². The third-order valence-electron chi connectivity index (χ3n) is 4.53. The summed E-state index contributed by atoms with van der Waals surface area (Å²) in [5.74, 6) is -0.677. The summed E-state index contributed by atoms with van der Waals surface area (Å²) in [4.78, 5) is 26.3. The van der Waals surface area contributed by atoms with Crippen LogP contribution in [0.25, 0.3) is 0 Å². The summed E-state index contributed by atoms with van der Waals surface area (Å²) in [7, 11) is 7.02. The minimum Gasteiger partial charge on any atom is -0.388 e. The molecule has 2 N–H and O–H groups in total. The molecule has 1 aliphatic rings. The Labute approximate surface area is 150 Å². The maximum absolute atomic E-state index is 12.3. The van der Waals surface area contributed by atoms with Gasteiger partial charge in [-0.2, -0.15) is 0 Å². The number of aliphatic hydroxyl groups is 1. The van der Waals surface area contributed by atoms with Gasteiger partial charge in [0.05, 0.1) is 17.8 Å². The van der Waals surface area contributed by atoms with Gasteiger partial charge in [0, 0.05) is 20.8 Å². The van der Waals surface area contributed by atoms with E-state index < -0.39 is 6.10 Å². The van der Waals surface area contributed by atoms with Crippen molar-refractivity contribution in [3.05, 3.63) is 11.6 Å². The molecule has 1 saturated carbocycles. The van der Waals surface area contributed by atoms with E-state index in [4.69, 9.17) is 9.47 Å². The van der Waals surface area contributed by atoms with E-state index in [1.54, 1.807) is 6.08 Å². The van der Waals surface area contributed by atoms with Crippen LogP contribution in [-0.4, -0.2) is 81.4 Å². The van der Waals surface area contributed by atoms with E-state index >= 15 is 0 Å². The number of carbonyl (C=O) groups excluding carboxylic acids is 2. The molecule has 0 heterocycles. The second kappa shape index (κ2) is 10.7. The second-order valence-corrected chi connectivity index (χ2v) is 6.82. The first kappa shape index (κ1) is 21.8. The maximum atomic E-state index is 12.3. The highest BCUT2D eigenvalue weighted by molar-refractivity contribution is 6.18. The Bertz CT molecular complexity index is 464. The zero-order valence-corrected chi connectivity index (χ0v) is 15.9. The average molecular weight is 356 g/mol. The molecule has 2 atom stereocenters. The van der Waals surface area contributed by atoms with Crippen molar-refractivity contribution in [1.29, 1.82) is 0 Å². The molecule has 1 amide bonds. The molecule has 144 valence electrons. The Hall–Kier alpha value is -1.28. The zero-order chi connectivity index (χ0) is 19.0. The molecule has 25 heavy (non-hydrogen) atoms. The van der Waals surface area contributed by atoms with Gasteiger partial charge in [-0.25, -0.2) is 0 Å². The summed E-state index contributed by atoms with van der Waals surface area (Å²) in [5.41, 5.74) is 0.163. The van der Waals surface area contributed by atoms with Crippen LogP contribution >= 0.6 is 0 Å². The first-order valence-corrected chi connectivity index (χ1v) is 8.69. The summed E-state index contributed by atoms with van der Waals surface area (Å²) in [6.07, 6.45) is 2.14. The summed E-state index contributed by atoms with van der Waals surface area (Å²) in [6, 6.07) is 0. The number of nitrogens with zero attached hydrogens (tertiary/aromatic N) is 1. The Morgan fingerprint density at radius 1 is 1.20 bits per heavy atom. The fraction of sp³-hybridized carbons (Fsp3) is 0.778. The summed E-state index contributed by atoms with van der Waals surface area (Å²) in [5, 5.41) is 13.0. The molecule has 0 spiro atoms. The Morgan fingerprint density at radius 2 is 1.76 bits per heavy atom. The van der Waals surface area contributed by atoms with Crippen molar-refractivity contribution < 1.29 is 24.2 Å². The Morgan fingerprint density at radius 3 is 2.20 bits per heavy atom. The number of hydrogen-bond acceptors (Lipinski definition) is 6. The second-order valence-electron chi connectivity index (χ2n) is 6.82. The van der Waals surface area contributed by atoms with E-state index in [2.05, 4.69) is 5.32 Å². The maximum Gasteiger partial charge on any atom is 0.254 e. The van der Waals surface area contributed by atoms with Crippen LogP contribution in [0.15, 0.2) is 11.6 Å². The van der Waals surface area contributed by atoms with E-state index in [0.29, 0.717) is 19.4 Å². The predicted molar refractivity (Wildman–Crippen MR) is 95.3 cm³/mol. The SMILES string of the molecule is COC1CC(/C=C(/C(C)=O)C(=O)NCCCN(C)C)CC(OC)C1O. The number of carbonyl (C=O) groups is 2. The molecule has 0 radical (unpaired) electrons. The Kier molecular flexibility index (Phi) is 9.27. The van der Waals surface area contributed by atoms with Crippen LogP contribution in [0.3, 0.4) is 0 Å². The first-order valence-electron chi connectivity index (χ1n) is 8.69. The number of amides is 1. The van der Waals surface area contributed by atoms with E-state index in [1.165, 1.54) is 21.1 Å². The van der Waals surface area contributed by atoms with Gasteiger partial charge in [0.25, 0.3) is 5.91 Å². The molecule has 0 saturated heterocycles. The molecule has 7 heteroatoms. The molecule has 7 nitrogen and oxygen atoms in total. The van der Waals surface area contributed by atoms with E-state index in [-0.39, 0.29) is 35.4 Å². The first-order chi connectivity index (χ1) is 11.8. The quantitative estimate of drug-likeness (QED) is 0.269. The number of methoxy groups -OCH3 is 2. The smallest absolute Gasteiger partial charge is 0.254 e. The van der Waals surface area contributed by atoms with Crippen molar-refractivity contribution in [3.8, 4) is 0 Å². The highest BCUT2D eigenvalue weighted by Gasteiger charge is 2.37. The average Bonchev–Trinajstić information content (AvgIpc) is 2.56. The predicted octanol–water partition coefficient (Wildman–Crippen LogP) is 0.371. The van der Waals surface area contributed by atoms with Crippen LogP contribution in [0.4, 0.5) is 0 Å². The molecule has 1 aliphatic carbocycles. The van der Waals surface area contributed by atoms with Gasteiger partial charge >= 0.3 is 0 Å². The highest BCUT2D eigenvalue weighted by atomic mass is 16.5. The van der Waals surface area contributed by atoms with Crippen molar-refractivity contribution in [1.82, 2.24) is 10.2 Å². The lowest BCUT2D eigenvalue weighted by molar-refractivity contribution is -0.123. The molecule has 0 aromatic rings. The lowest BCUT2D eigenvalue weighted by atomic mass is 9.81. The minimum absolute atomic E-state index is 0.0651. The highest BCUT2D eigenvalue weighted by Crippen LogP contribution is 2.30. The molecule has 1 rings (SSSR count). The molecule has 2 unspecified atom stereocenters. The molecule has 0 bridgehead atoms. The largest absolute Gasteiger partial charge is 0.388 e. The van der Waals surface area contributed by atoms with Gasteiger partial charge in [-0.15, -0.1) is 0 Å². The van der Waals surface area contributed by atoms with Crippen LogP contribution in [0.1, 0.15) is 26.2 Å². The standard InChI is InChI=1S/C18H32N2O5/c1-12(21)14(18(23)19-7-6-8-20(2)3)9-13-10-15(24-4)17(22)16(11-13)25-5/h9,13,15-17,22H,6-8,10-11H2,1-5H3,(H,19,23)/b14-9-. The van der Waals surface area contributed by atoms with Gasteiger partial charge in [0.1, 0.15) is 6.10 Å². The third kappa shape index (κ3) is 6.86. The normalized spacial score (nSPS) is 27.4. The number of hydrogen-bond donors (Lipinski definition) is 2.